The number of aromatic nitrogens is 1. The number of benzene rings is 5. The van der Waals surface area contributed by atoms with Crippen LogP contribution in [0.2, 0.25) is 0 Å². The Labute approximate surface area is 169 Å². The number of aryl methyl sites for hydroxylation is 1. The normalized spacial score (nSPS) is 11.6. The molecule has 0 bridgehead atoms. The number of hydrogen-bond donors (Lipinski definition) is 0. The van der Waals surface area contributed by atoms with Gasteiger partial charge in [0.1, 0.15) is 0 Å². The number of pyridine rings is 1. The lowest BCUT2D eigenvalue weighted by molar-refractivity contribution is 1.43. The molecule has 136 valence electrons. The molecule has 0 aliphatic rings. The second-order valence-corrected chi connectivity index (χ2v) is 7.70. The van der Waals surface area contributed by atoms with Gasteiger partial charge in [0.25, 0.3) is 0 Å². The van der Waals surface area contributed by atoms with Crippen molar-refractivity contribution in [2.24, 2.45) is 0 Å². The smallest absolute Gasteiger partial charge is 0.0788 e. The predicted molar refractivity (Wildman–Crippen MR) is 124 cm³/mol. The summed E-state index contributed by atoms with van der Waals surface area (Å²) in [7, 11) is 0. The third kappa shape index (κ3) is 2.44. The van der Waals surface area contributed by atoms with E-state index in [4.69, 9.17) is 4.98 Å². The molecule has 1 heterocycles. The van der Waals surface area contributed by atoms with E-state index in [1.54, 1.807) is 0 Å². The van der Waals surface area contributed by atoms with E-state index < -0.39 is 0 Å². The highest BCUT2D eigenvalue weighted by Crippen LogP contribution is 2.38. The molecule has 1 nitrogen and oxygen atoms in total. The zero-order valence-corrected chi connectivity index (χ0v) is 16.2. The Morgan fingerprint density at radius 1 is 0.552 bits per heavy atom. The van der Waals surface area contributed by atoms with Gasteiger partial charge >= 0.3 is 0 Å². The van der Waals surface area contributed by atoms with Crippen molar-refractivity contribution < 1.29 is 0 Å². The number of fused-ring (bicyclic) bond motifs is 6. The van der Waals surface area contributed by atoms with E-state index in [1.807, 2.05) is 0 Å². The maximum atomic E-state index is 5.12. The van der Waals surface area contributed by atoms with Crippen molar-refractivity contribution in [3.63, 3.8) is 0 Å². The first-order chi connectivity index (χ1) is 14.3. The standard InChI is InChI=1S/C28H19N/c1-18-7-6-10-20-15-16-24-27(26(18)20)23-11-4-5-12-25(23)29-28(24)22-14-13-19-8-2-3-9-21(19)17-22/h2-17H,1H3. The van der Waals surface area contributed by atoms with Crippen molar-refractivity contribution in [2.75, 3.05) is 0 Å². The molecule has 0 saturated heterocycles. The maximum Gasteiger partial charge on any atom is 0.0788 e. The summed E-state index contributed by atoms with van der Waals surface area (Å²) in [5, 5.41) is 8.82. The highest BCUT2D eigenvalue weighted by atomic mass is 14.7. The molecule has 1 heteroatoms. The van der Waals surface area contributed by atoms with Crippen molar-refractivity contribution in [1.29, 1.82) is 0 Å². The number of hydrogen-bond acceptors (Lipinski definition) is 1. The van der Waals surface area contributed by atoms with Gasteiger partial charge in [-0.05, 0) is 46.2 Å². The Morgan fingerprint density at radius 3 is 2.24 bits per heavy atom. The van der Waals surface area contributed by atoms with E-state index in [1.165, 1.54) is 43.3 Å². The van der Waals surface area contributed by atoms with Gasteiger partial charge in [0.05, 0.1) is 11.2 Å². The van der Waals surface area contributed by atoms with Gasteiger partial charge in [-0.15, -0.1) is 0 Å². The molecule has 0 aliphatic heterocycles. The molecule has 0 amide bonds. The van der Waals surface area contributed by atoms with Gasteiger partial charge in [-0.3, -0.25) is 0 Å². The van der Waals surface area contributed by atoms with Crippen LogP contribution in [0.25, 0.3) is 54.5 Å². The molecule has 0 atom stereocenters. The molecule has 6 aromatic rings. The number of rotatable bonds is 1. The quantitative estimate of drug-likeness (QED) is 0.271. The third-order valence-electron chi connectivity index (χ3n) is 5.94. The van der Waals surface area contributed by atoms with Crippen LogP contribution >= 0.6 is 0 Å². The summed E-state index contributed by atoms with van der Waals surface area (Å²) < 4.78 is 0. The first-order valence-electron chi connectivity index (χ1n) is 9.99. The van der Waals surface area contributed by atoms with Gasteiger partial charge in [-0.1, -0.05) is 84.9 Å². The van der Waals surface area contributed by atoms with Crippen molar-refractivity contribution in [3.05, 3.63) is 103 Å². The molecule has 0 unspecified atom stereocenters. The molecule has 1 aromatic heterocycles. The second kappa shape index (κ2) is 6.15. The number of nitrogens with zero attached hydrogens (tertiary/aromatic N) is 1. The van der Waals surface area contributed by atoms with Gasteiger partial charge in [-0.2, -0.15) is 0 Å². The summed E-state index contributed by atoms with van der Waals surface area (Å²) in [5.74, 6) is 0. The van der Waals surface area contributed by atoms with Crippen LogP contribution in [-0.2, 0) is 0 Å². The molecule has 0 N–H and O–H groups in total. The average molecular weight is 369 g/mol. The predicted octanol–water partition coefficient (Wildman–Crippen LogP) is 7.67. The summed E-state index contributed by atoms with van der Waals surface area (Å²) in [4.78, 5) is 5.12. The Kier molecular flexibility index (Phi) is 3.45. The minimum absolute atomic E-state index is 1.04. The lowest BCUT2D eigenvalue weighted by Crippen LogP contribution is -1.92. The van der Waals surface area contributed by atoms with E-state index in [-0.39, 0.29) is 0 Å². The average Bonchev–Trinajstić information content (AvgIpc) is 2.78. The minimum atomic E-state index is 1.04. The van der Waals surface area contributed by atoms with Crippen molar-refractivity contribution >= 4 is 43.2 Å². The fraction of sp³-hybridized carbons (Fsp3) is 0.0357. The molecule has 0 fully saturated rings. The van der Waals surface area contributed by atoms with Gasteiger partial charge in [0.15, 0.2) is 0 Å². The van der Waals surface area contributed by atoms with E-state index >= 15 is 0 Å². The molecule has 0 saturated carbocycles. The number of para-hydroxylation sites is 1. The van der Waals surface area contributed by atoms with Crippen LogP contribution in [0.15, 0.2) is 97.1 Å². The van der Waals surface area contributed by atoms with Crippen LogP contribution in [-0.4, -0.2) is 4.98 Å². The Balaban J connectivity index is 1.81. The van der Waals surface area contributed by atoms with Crippen LogP contribution in [0.4, 0.5) is 0 Å². The van der Waals surface area contributed by atoms with E-state index in [2.05, 4.69) is 104 Å². The molecule has 0 spiro atoms. The molecule has 5 aromatic carbocycles. The molecule has 0 aliphatic carbocycles. The monoisotopic (exact) mass is 369 g/mol. The van der Waals surface area contributed by atoms with E-state index in [0.29, 0.717) is 0 Å². The lowest BCUT2D eigenvalue weighted by Gasteiger charge is -2.14. The van der Waals surface area contributed by atoms with Gasteiger partial charge < -0.3 is 0 Å². The summed E-state index contributed by atoms with van der Waals surface area (Å²) in [6.45, 7) is 2.20. The minimum Gasteiger partial charge on any atom is -0.247 e. The van der Waals surface area contributed by atoms with Gasteiger partial charge in [0, 0.05) is 21.7 Å². The summed E-state index contributed by atoms with van der Waals surface area (Å²) >= 11 is 0. The van der Waals surface area contributed by atoms with Crippen molar-refractivity contribution in [2.45, 2.75) is 6.92 Å². The fourth-order valence-electron chi connectivity index (χ4n) is 4.56. The summed E-state index contributed by atoms with van der Waals surface area (Å²) in [5.41, 5.74) is 4.55. The topological polar surface area (TPSA) is 12.9 Å². The molecule has 29 heavy (non-hydrogen) atoms. The first kappa shape index (κ1) is 16.3. The van der Waals surface area contributed by atoms with Crippen LogP contribution < -0.4 is 0 Å². The molecular formula is C28H19N. The first-order valence-corrected chi connectivity index (χ1v) is 9.99. The van der Waals surface area contributed by atoms with E-state index in [9.17, 15) is 0 Å². The van der Waals surface area contributed by atoms with Crippen LogP contribution in [0, 0.1) is 6.92 Å². The Bertz CT molecular complexity index is 1560. The van der Waals surface area contributed by atoms with Gasteiger partial charge in [0.2, 0.25) is 0 Å². The Hall–Kier alpha value is -3.71. The van der Waals surface area contributed by atoms with Crippen molar-refractivity contribution in [3.8, 4) is 11.3 Å². The molecule has 6 rings (SSSR count). The maximum absolute atomic E-state index is 5.12. The third-order valence-corrected chi connectivity index (χ3v) is 5.94. The molecule has 0 radical (unpaired) electrons. The second-order valence-electron chi connectivity index (χ2n) is 7.70. The van der Waals surface area contributed by atoms with Gasteiger partial charge in [-0.25, -0.2) is 4.98 Å². The lowest BCUT2D eigenvalue weighted by atomic mass is 9.93. The molecular weight excluding hydrogens is 350 g/mol. The van der Waals surface area contributed by atoms with Crippen LogP contribution in [0.5, 0.6) is 0 Å². The van der Waals surface area contributed by atoms with Crippen molar-refractivity contribution in [1.82, 2.24) is 4.98 Å². The highest BCUT2D eigenvalue weighted by molar-refractivity contribution is 6.23. The van der Waals surface area contributed by atoms with Crippen LogP contribution in [0.1, 0.15) is 5.56 Å². The zero-order valence-electron chi connectivity index (χ0n) is 16.2. The fourth-order valence-corrected chi connectivity index (χ4v) is 4.56. The summed E-state index contributed by atoms with van der Waals surface area (Å²) in [6, 6.07) is 34.6. The largest absolute Gasteiger partial charge is 0.247 e. The SMILES string of the molecule is Cc1cccc2ccc3c(-c4ccc5ccccc5c4)nc4ccccc4c3c12. The Morgan fingerprint density at radius 2 is 1.31 bits per heavy atom. The van der Waals surface area contributed by atoms with E-state index in [0.717, 1.165) is 16.8 Å². The van der Waals surface area contributed by atoms with Crippen LogP contribution in [0.3, 0.4) is 0 Å². The zero-order chi connectivity index (χ0) is 19.4. The summed E-state index contributed by atoms with van der Waals surface area (Å²) in [6.07, 6.45) is 0. The highest BCUT2D eigenvalue weighted by Gasteiger charge is 2.14.